The van der Waals surface area contributed by atoms with Gasteiger partial charge in [-0.1, -0.05) is 327 Å². The van der Waals surface area contributed by atoms with Crippen LogP contribution in [0.5, 0.6) is 0 Å². The quantitative estimate of drug-likeness (QED) is 0.138. The van der Waals surface area contributed by atoms with E-state index in [1.807, 2.05) is 0 Å². The van der Waals surface area contributed by atoms with Crippen molar-refractivity contribution in [1.82, 2.24) is 27.4 Å². The van der Waals surface area contributed by atoms with Crippen LogP contribution >= 0.6 is 0 Å². The van der Waals surface area contributed by atoms with Gasteiger partial charge in [0.25, 0.3) is 0 Å². The molecule has 27 aromatic rings. The number of hydrogen-bond donors (Lipinski definition) is 0. The Morgan fingerprint density at radius 1 is 0.142 bits per heavy atom. The topological polar surface area (TPSA) is 29.6 Å². The first-order valence-corrected chi connectivity index (χ1v) is 49.4. The largest absolute Gasteiger partial charge is 0.309 e. The molecule has 6 heteroatoms. The van der Waals surface area contributed by atoms with E-state index in [0.717, 1.165) is 0 Å². The van der Waals surface area contributed by atoms with Gasteiger partial charge in [0.05, 0.1) is 66.2 Å². The van der Waals surface area contributed by atoms with Crippen molar-refractivity contribution in [2.45, 2.75) is 57.8 Å². The van der Waals surface area contributed by atoms with Crippen LogP contribution in [0.25, 0.3) is 232 Å². The molecule has 0 unspecified atom stereocenters. The van der Waals surface area contributed by atoms with Gasteiger partial charge in [-0.15, -0.1) is 0 Å². The minimum absolute atomic E-state index is 0.0579. The zero-order valence-corrected chi connectivity index (χ0v) is 79.2. The highest BCUT2D eigenvalue weighted by Gasteiger charge is 2.41. The lowest BCUT2D eigenvalue weighted by Crippen LogP contribution is -2.15. The van der Waals surface area contributed by atoms with Gasteiger partial charge in [0.1, 0.15) is 0 Å². The van der Waals surface area contributed by atoms with Crippen LogP contribution in [0.15, 0.2) is 473 Å². The van der Waals surface area contributed by atoms with Gasteiger partial charge in [-0.05, 0) is 288 Å². The van der Waals surface area contributed by atoms with Crippen LogP contribution in [0.4, 0.5) is 0 Å². The highest BCUT2D eigenvalue weighted by molar-refractivity contribution is 6.21. The first-order chi connectivity index (χ1) is 69.3. The minimum atomic E-state index is -0.116. The van der Waals surface area contributed by atoms with Gasteiger partial charge in [-0.2, -0.15) is 0 Å². The van der Waals surface area contributed by atoms with Crippen molar-refractivity contribution in [3.63, 3.8) is 0 Å². The summed E-state index contributed by atoms with van der Waals surface area (Å²) in [4.78, 5) is 0. The third-order valence-electron chi connectivity index (χ3n) is 31.5. The molecule has 0 saturated carbocycles. The van der Waals surface area contributed by atoms with Gasteiger partial charge in [0, 0.05) is 115 Å². The van der Waals surface area contributed by atoms with Crippen LogP contribution in [-0.2, 0) is 16.2 Å². The molecule has 0 saturated heterocycles. The Balaban J connectivity index is 0.000000104. The third kappa shape index (κ3) is 12.3. The van der Waals surface area contributed by atoms with Gasteiger partial charge in [-0.3, -0.25) is 0 Å². The van der Waals surface area contributed by atoms with Crippen LogP contribution in [0, 0.1) is 0 Å². The summed E-state index contributed by atoms with van der Waals surface area (Å²) in [6.07, 6.45) is 0. The molecule has 0 radical (unpaired) electrons. The monoisotopic (exact) mass is 1800 g/mol. The minimum Gasteiger partial charge on any atom is -0.309 e. The molecule has 0 atom stereocenters. The average Bonchev–Trinajstić information content (AvgIpc) is 1.53. The fourth-order valence-electron chi connectivity index (χ4n) is 25.0. The fraction of sp³-hybridized carbons (Fsp3) is 0.0667. The van der Waals surface area contributed by atoms with E-state index < -0.39 is 0 Å². The van der Waals surface area contributed by atoms with Gasteiger partial charge < -0.3 is 27.4 Å². The first kappa shape index (κ1) is 81.7. The predicted octanol–water partition coefficient (Wildman–Crippen LogP) is 35.6. The number of rotatable bonds is 9. The second-order valence-electron chi connectivity index (χ2n) is 40.2. The molecule has 6 heterocycles. The lowest BCUT2D eigenvalue weighted by molar-refractivity contribution is 0.660. The standard InChI is InChI=1S/3C45H32N2/c1-45(2)37-19-11-9-18-34(37)43-38(45)23-26-42-44(43)36-28-30(22-25-41(36)47(42)32-15-7-4-8-16-32)29-21-24-40-35(27-29)33-17-10-12-20-39(33)46(40)31-13-5-3-6-14-31;1-45(2)38-19-11-9-17-33(38)35-23-26-42-43(44(35)45)37-28-30(22-25-41(37)47(42)32-15-7-4-8-16-32)29-21-24-40-36(27-29)34-18-10-12-20-39(34)46(40)31-13-5-3-6-14-31;1-45(2)39-19-11-9-17-33(39)35-27-38-37-26-30(22-24-43(37)47(44(38)28-40(35)45)32-15-7-4-8-16-32)29-21-23-42-36(25-29)34-18-10-12-20-41(34)46(42)31-13-5-3-6-14-31/h3*3-28H,1-2H3. The summed E-state index contributed by atoms with van der Waals surface area (Å²) in [6, 6.07) is 174. The molecule has 141 heavy (non-hydrogen) atoms. The molecule has 0 amide bonds. The number of hydrogen-bond acceptors (Lipinski definition) is 0. The van der Waals surface area contributed by atoms with Gasteiger partial charge in [0.2, 0.25) is 0 Å². The number of nitrogens with zero attached hydrogens (tertiary/aromatic N) is 6. The molecule has 21 aromatic carbocycles. The van der Waals surface area contributed by atoms with Crippen LogP contribution < -0.4 is 0 Å². The van der Waals surface area contributed by atoms with Crippen molar-refractivity contribution in [1.29, 1.82) is 0 Å². The highest BCUT2D eigenvalue weighted by atomic mass is 15.0. The first-order valence-electron chi connectivity index (χ1n) is 49.4. The normalized spacial score (nSPS) is 13.5. The van der Waals surface area contributed by atoms with E-state index in [1.54, 1.807) is 0 Å². The Labute approximate surface area is 817 Å². The van der Waals surface area contributed by atoms with Crippen LogP contribution in [0.2, 0.25) is 0 Å². The summed E-state index contributed by atoms with van der Waals surface area (Å²) in [6.45, 7) is 14.2. The maximum atomic E-state index is 2.46. The predicted molar refractivity (Wildman–Crippen MR) is 594 cm³/mol. The maximum Gasteiger partial charge on any atom is 0.0547 e. The van der Waals surface area contributed by atoms with E-state index in [-0.39, 0.29) is 16.2 Å². The number of para-hydroxylation sites is 9. The summed E-state index contributed by atoms with van der Waals surface area (Å²) in [7, 11) is 0. The van der Waals surface area contributed by atoms with E-state index >= 15 is 0 Å². The summed E-state index contributed by atoms with van der Waals surface area (Å²) in [5.74, 6) is 0. The number of aromatic nitrogens is 6. The highest BCUT2D eigenvalue weighted by Crippen LogP contribution is 2.58. The fourth-order valence-corrected chi connectivity index (χ4v) is 25.0. The SMILES string of the molecule is CC1(C)c2ccccc2-c2c1ccc1c2c2cc(-c3ccc4c(c3)c3ccccc3n4-c3ccccc3)ccc2n1-c1ccccc1.CC1(C)c2ccccc2-c2cc3c4cc(-c5ccc6c(c5)c5ccccc5n6-c5ccccc5)ccc4n(-c4ccccc4)c3cc21.CC1(C)c2ccccc2-c2ccc3c(c21)c1cc(-c2ccc4c(c2)c2ccccc2n4-c2ccccc2)ccc1n3-c1ccccc1. The molecule has 3 aliphatic rings. The molecule has 0 spiro atoms. The number of fused-ring (bicyclic) bond motifs is 29. The van der Waals surface area contributed by atoms with E-state index in [2.05, 4.69) is 542 Å². The molecule has 666 valence electrons. The third-order valence-corrected chi connectivity index (χ3v) is 31.5. The Morgan fingerprint density at radius 2 is 0.397 bits per heavy atom. The number of benzene rings is 21. The van der Waals surface area contributed by atoms with Crippen LogP contribution in [0.1, 0.15) is 74.9 Å². The Kier molecular flexibility index (Phi) is 18.1. The molecular weight excluding hydrogens is 1710 g/mol. The van der Waals surface area contributed by atoms with E-state index in [4.69, 9.17) is 0 Å². The molecule has 6 nitrogen and oxygen atoms in total. The molecule has 3 aliphatic carbocycles. The second-order valence-corrected chi connectivity index (χ2v) is 40.2. The zero-order valence-electron chi connectivity index (χ0n) is 79.2. The lowest BCUT2D eigenvalue weighted by Gasteiger charge is -2.22. The van der Waals surface area contributed by atoms with Crippen molar-refractivity contribution in [2.75, 3.05) is 0 Å². The summed E-state index contributed by atoms with van der Waals surface area (Å²) in [5, 5.41) is 15.5. The van der Waals surface area contributed by atoms with Crippen molar-refractivity contribution in [3.8, 4) is 101 Å². The Hall–Kier alpha value is -17.6. The average molecular weight is 1800 g/mol. The van der Waals surface area contributed by atoms with Gasteiger partial charge in [0.15, 0.2) is 0 Å². The Morgan fingerprint density at radius 3 is 0.794 bits per heavy atom. The van der Waals surface area contributed by atoms with E-state index in [1.165, 1.54) is 265 Å². The molecule has 0 bridgehead atoms. The van der Waals surface area contributed by atoms with Crippen LogP contribution in [0.3, 0.4) is 0 Å². The molecule has 6 aromatic heterocycles. The molecule has 30 rings (SSSR count). The molecule has 0 aliphatic heterocycles. The molecular formula is C135H96N6. The van der Waals surface area contributed by atoms with E-state index in [0.29, 0.717) is 0 Å². The smallest absolute Gasteiger partial charge is 0.0547 e. The lowest BCUT2D eigenvalue weighted by atomic mass is 9.80. The molecule has 0 N–H and O–H groups in total. The zero-order chi connectivity index (χ0) is 93.8. The van der Waals surface area contributed by atoms with Crippen molar-refractivity contribution in [2.24, 2.45) is 0 Å². The summed E-state index contributed by atoms with van der Waals surface area (Å²) in [5.41, 5.74) is 45.6. The van der Waals surface area contributed by atoms with E-state index in [9.17, 15) is 0 Å². The second kappa shape index (κ2) is 31.2. The maximum absolute atomic E-state index is 2.46. The Bertz CT molecular complexity index is 9810. The summed E-state index contributed by atoms with van der Waals surface area (Å²) >= 11 is 0. The van der Waals surface area contributed by atoms with Crippen molar-refractivity contribution >= 4 is 131 Å². The van der Waals surface area contributed by atoms with Gasteiger partial charge in [-0.25, -0.2) is 0 Å². The summed E-state index contributed by atoms with van der Waals surface area (Å²) < 4.78 is 14.5. The van der Waals surface area contributed by atoms with Gasteiger partial charge >= 0.3 is 0 Å². The van der Waals surface area contributed by atoms with Crippen molar-refractivity contribution in [3.05, 3.63) is 507 Å². The van der Waals surface area contributed by atoms with Crippen LogP contribution in [-0.4, -0.2) is 27.4 Å². The van der Waals surface area contributed by atoms with Crippen molar-refractivity contribution < 1.29 is 0 Å². The molecule has 0 fully saturated rings.